The third kappa shape index (κ3) is 3.26. The van der Waals surface area contributed by atoms with Crippen LogP contribution in [0.4, 0.5) is 74.6 Å². The van der Waals surface area contributed by atoms with Crippen LogP contribution in [-0.2, 0) is 10.1 Å². The number of rotatable bonds is 5. The first-order valence-corrected chi connectivity index (χ1v) is 7.12. The van der Waals surface area contributed by atoms with Gasteiger partial charge in [0.1, 0.15) is 0 Å². The molecular weight excluding hydrogens is 499 g/mol. The van der Waals surface area contributed by atoms with Gasteiger partial charge in [0.2, 0.25) is 0 Å². The number of hydrogen-bond acceptors (Lipinski definition) is 2. The predicted octanol–water partition coefficient (Wildman–Crippen LogP) is 4.84. The predicted molar refractivity (Wildman–Crippen MR) is 52.2 cm³/mol. The quantitative estimate of drug-likeness (QED) is 0.435. The summed E-state index contributed by atoms with van der Waals surface area (Å²) in [7, 11) is -8.92. The Morgan fingerprint density at radius 3 is 0.793 bits per heavy atom. The van der Waals surface area contributed by atoms with Crippen LogP contribution in [0.25, 0.3) is 0 Å². The number of alkyl halides is 17. The first kappa shape index (κ1) is 27.7. The van der Waals surface area contributed by atoms with Crippen LogP contribution in [0.5, 0.6) is 0 Å². The van der Waals surface area contributed by atoms with Gasteiger partial charge in [-0.05, 0) is 0 Å². The summed E-state index contributed by atoms with van der Waals surface area (Å²) in [6.45, 7) is 0. The van der Waals surface area contributed by atoms with Crippen LogP contribution in [0.3, 0.4) is 0 Å². The van der Waals surface area contributed by atoms with Crippen molar-refractivity contribution in [1.82, 2.24) is 0 Å². The minimum absolute atomic E-state index is 8.01. The number of halogens is 17. The van der Waals surface area contributed by atoms with Gasteiger partial charge < -0.3 is 0 Å². The van der Waals surface area contributed by atoms with E-state index in [9.17, 15) is 83.1 Å². The normalized spacial score (nSPS) is 18.6. The summed E-state index contributed by atoms with van der Waals surface area (Å²) >= 11 is 0. The monoisotopic (exact) mass is 500 g/mol. The van der Waals surface area contributed by atoms with Gasteiger partial charge in [0.25, 0.3) is 0 Å². The minimum atomic E-state index is -9.35. The van der Waals surface area contributed by atoms with Gasteiger partial charge in [-0.3, -0.25) is 4.55 Å². The molecule has 0 bridgehead atoms. The lowest BCUT2D eigenvalue weighted by molar-refractivity contribution is -0.444. The van der Waals surface area contributed by atoms with Gasteiger partial charge >= 0.3 is 57.1 Å². The molecule has 0 aromatic rings. The molecule has 0 heterocycles. The molecule has 0 rings (SSSR count). The van der Waals surface area contributed by atoms with Gasteiger partial charge in [-0.15, -0.1) is 0 Å². The molecule has 3 nitrogen and oxygen atoms in total. The molecule has 0 fully saturated rings. The first-order valence-electron chi connectivity index (χ1n) is 5.68. The van der Waals surface area contributed by atoms with E-state index in [1.165, 1.54) is 0 Å². The van der Waals surface area contributed by atoms with Gasteiger partial charge in [0, 0.05) is 0 Å². The van der Waals surface area contributed by atoms with E-state index >= 15 is 0 Å². The molecule has 0 amide bonds. The summed E-state index contributed by atoms with van der Waals surface area (Å²) in [5.41, 5.74) is -9.35. The summed E-state index contributed by atoms with van der Waals surface area (Å²) < 4.78 is 246. The molecule has 0 aromatic carbocycles. The lowest BCUT2D eigenvalue weighted by atomic mass is 9.80. The Labute approximate surface area is 146 Å². The maximum absolute atomic E-state index is 14.1. The average Bonchev–Trinajstić information content (AvgIpc) is 2.39. The van der Waals surface area contributed by atoms with Crippen LogP contribution in [-0.4, -0.2) is 59.9 Å². The standard InChI is InChI=1S/C8HF17O3S/c9-1(2(10,11)6(17,18)19,3(12,13)7(20,21)22)5(16,29(26,27)28)4(14,15)8(23,24)25/h(H,26,27,28). The zero-order valence-corrected chi connectivity index (χ0v) is 12.9. The lowest BCUT2D eigenvalue weighted by Crippen LogP contribution is -2.82. The molecular formula is C8HF17O3S. The van der Waals surface area contributed by atoms with Gasteiger partial charge in [-0.1, -0.05) is 0 Å². The lowest BCUT2D eigenvalue weighted by Gasteiger charge is -2.47. The zero-order chi connectivity index (χ0) is 24.5. The molecule has 0 radical (unpaired) electrons. The van der Waals surface area contributed by atoms with E-state index in [0.29, 0.717) is 0 Å². The Balaban J connectivity index is 8.06. The van der Waals surface area contributed by atoms with Crippen LogP contribution in [0.15, 0.2) is 0 Å². The smallest absolute Gasteiger partial charge is 0.283 e. The molecule has 176 valence electrons. The Morgan fingerprint density at radius 2 is 0.655 bits per heavy atom. The van der Waals surface area contributed by atoms with Crippen molar-refractivity contribution in [2.45, 2.75) is 47.0 Å². The van der Waals surface area contributed by atoms with Crippen molar-refractivity contribution in [3.05, 3.63) is 0 Å². The fraction of sp³-hybridized carbons (Fsp3) is 1.00. The number of hydrogen-bond donors (Lipinski definition) is 1. The topological polar surface area (TPSA) is 54.4 Å². The molecule has 0 aliphatic carbocycles. The molecule has 21 heteroatoms. The fourth-order valence-corrected chi connectivity index (χ4v) is 2.78. The second-order valence-corrected chi connectivity index (χ2v) is 6.46. The summed E-state index contributed by atoms with van der Waals surface area (Å²) in [5.74, 6) is -26.6. The molecule has 1 atom stereocenters. The van der Waals surface area contributed by atoms with Crippen molar-refractivity contribution in [2.75, 3.05) is 0 Å². The summed E-state index contributed by atoms with van der Waals surface area (Å²) in [6, 6.07) is 0. The highest BCUT2D eigenvalue weighted by atomic mass is 32.2. The third-order valence-corrected chi connectivity index (χ3v) is 4.38. The molecule has 29 heavy (non-hydrogen) atoms. The van der Waals surface area contributed by atoms with Crippen LogP contribution in [0.2, 0.25) is 0 Å². The van der Waals surface area contributed by atoms with Crippen LogP contribution < -0.4 is 0 Å². The molecule has 0 aromatic heterocycles. The van der Waals surface area contributed by atoms with E-state index in [1.54, 1.807) is 0 Å². The van der Waals surface area contributed by atoms with Crippen molar-refractivity contribution in [3.8, 4) is 0 Å². The van der Waals surface area contributed by atoms with E-state index in [1.807, 2.05) is 0 Å². The van der Waals surface area contributed by atoms with Crippen LogP contribution in [0.1, 0.15) is 0 Å². The Hall–Kier alpha value is -1.28. The molecule has 1 N–H and O–H groups in total. The highest BCUT2D eigenvalue weighted by Gasteiger charge is 3.01. The van der Waals surface area contributed by atoms with Gasteiger partial charge in [-0.25, -0.2) is 8.78 Å². The van der Waals surface area contributed by atoms with Crippen molar-refractivity contribution >= 4 is 10.1 Å². The molecule has 0 aliphatic heterocycles. The zero-order valence-electron chi connectivity index (χ0n) is 12.1. The van der Waals surface area contributed by atoms with E-state index < -0.39 is 57.1 Å². The van der Waals surface area contributed by atoms with E-state index in [4.69, 9.17) is 4.55 Å². The molecule has 0 saturated heterocycles. The van der Waals surface area contributed by atoms with E-state index in [2.05, 4.69) is 0 Å². The van der Waals surface area contributed by atoms with Crippen molar-refractivity contribution < 1.29 is 87.6 Å². The molecule has 1 unspecified atom stereocenters. The van der Waals surface area contributed by atoms with Crippen molar-refractivity contribution in [2.24, 2.45) is 0 Å². The SMILES string of the molecule is O=S(=O)(O)C(F)(C(F)(F)C(F)(F)F)C(F)(C(F)(F)C(F)(F)F)C(F)(F)C(F)(F)F. The van der Waals surface area contributed by atoms with Crippen molar-refractivity contribution in [1.29, 1.82) is 0 Å². The molecule has 0 aliphatic rings. The summed E-state index contributed by atoms with van der Waals surface area (Å²) in [4.78, 5) is 0. The van der Waals surface area contributed by atoms with Gasteiger partial charge in [0.15, 0.2) is 0 Å². The summed E-state index contributed by atoms with van der Waals surface area (Å²) in [5, 5.41) is -8.98. The molecule has 0 spiro atoms. The van der Waals surface area contributed by atoms with E-state index in [-0.39, 0.29) is 0 Å². The first-order chi connectivity index (χ1) is 12.0. The highest BCUT2D eigenvalue weighted by Crippen LogP contribution is 2.67. The Morgan fingerprint density at radius 1 is 0.448 bits per heavy atom. The van der Waals surface area contributed by atoms with Gasteiger partial charge in [0.05, 0.1) is 0 Å². The highest BCUT2D eigenvalue weighted by molar-refractivity contribution is 7.87. The second kappa shape index (κ2) is 6.36. The van der Waals surface area contributed by atoms with Crippen molar-refractivity contribution in [3.63, 3.8) is 0 Å². The van der Waals surface area contributed by atoms with E-state index in [0.717, 1.165) is 0 Å². The van der Waals surface area contributed by atoms with Crippen LogP contribution >= 0.6 is 0 Å². The fourth-order valence-electron chi connectivity index (χ4n) is 1.73. The summed E-state index contributed by atoms with van der Waals surface area (Å²) in [6.07, 6.45) is -24.9. The molecule has 0 saturated carbocycles. The maximum Gasteiger partial charge on any atom is 0.458 e. The minimum Gasteiger partial charge on any atom is -0.283 e. The average molecular weight is 500 g/mol. The Kier molecular flexibility index (Phi) is 6.08. The van der Waals surface area contributed by atoms with Gasteiger partial charge in [-0.2, -0.15) is 74.3 Å². The third-order valence-electron chi connectivity index (χ3n) is 3.14. The van der Waals surface area contributed by atoms with Crippen LogP contribution in [0, 0.1) is 0 Å². The largest absolute Gasteiger partial charge is 0.458 e. The maximum atomic E-state index is 14.1. The second-order valence-electron chi connectivity index (χ2n) is 4.95. The Bertz CT molecular complexity index is 701.